The molecule has 0 aromatic carbocycles. The number of aliphatic hydroxyl groups is 1. The third-order valence-corrected chi connectivity index (χ3v) is 3.25. The summed E-state index contributed by atoms with van der Waals surface area (Å²) >= 11 is 0. The number of nitrogen functional groups attached to an aromatic ring is 1. The van der Waals surface area contributed by atoms with Gasteiger partial charge in [-0.15, -0.1) is 0 Å². The van der Waals surface area contributed by atoms with Crippen LogP contribution in [0.2, 0.25) is 0 Å². The molecule has 1 aliphatic heterocycles. The Morgan fingerprint density at radius 3 is 2.88 bits per heavy atom. The number of pyridine rings is 1. The molecule has 1 fully saturated rings. The van der Waals surface area contributed by atoms with Crippen LogP contribution in [0.15, 0.2) is 17.4 Å². The van der Waals surface area contributed by atoms with Gasteiger partial charge in [-0.1, -0.05) is 12.7 Å². The van der Waals surface area contributed by atoms with Gasteiger partial charge in [0.2, 0.25) is 0 Å². The van der Waals surface area contributed by atoms with Crippen LogP contribution in [0, 0.1) is 0 Å². The lowest BCUT2D eigenvalue weighted by molar-refractivity contribution is 0.164. The van der Waals surface area contributed by atoms with E-state index in [2.05, 4.69) is 16.9 Å². The third-order valence-electron chi connectivity index (χ3n) is 3.25. The molecule has 5 N–H and O–H groups in total. The zero-order valence-electron chi connectivity index (χ0n) is 9.73. The van der Waals surface area contributed by atoms with E-state index in [9.17, 15) is 9.90 Å². The van der Waals surface area contributed by atoms with Crippen LogP contribution in [0.3, 0.4) is 0 Å². The zero-order chi connectivity index (χ0) is 12.6. The van der Waals surface area contributed by atoms with Gasteiger partial charge in [0.25, 0.3) is 5.56 Å². The normalized spacial score (nSPS) is 28.2. The second-order valence-corrected chi connectivity index (χ2v) is 4.44. The Morgan fingerprint density at radius 2 is 2.35 bits per heavy atom. The molecule has 0 aliphatic carbocycles. The van der Waals surface area contributed by atoms with Gasteiger partial charge in [0.05, 0.1) is 6.10 Å². The van der Waals surface area contributed by atoms with Gasteiger partial charge in [0, 0.05) is 23.2 Å². The highest BCUT2D eigenvalue weighted by Crippen LogP contribution is 2.26. The summed E-state index contributed by atoms with van der Waals surface area (Å²) in [6.07, 6.45) is 1.71. The molecule has 0 spiro atoms. The Balaban J connectivity index is 2.39. The maximum atomic E-state index is 11.8. The SMILES string of the molecule is C=Cc1cc([C@H]2C[C@H](O)[C@@H](C)N2)c(=O)[nH]c1N. The van der Waals surface area contributed by atoms with Gasteiger partial charge >= 0.3 is 0 Å². The first kappa shape index (κ1) is 11.9. The van der Waals surface area contributed by atoms with Crippen molar-refractivity contribution in [2.75, 3.05) is 5.73 Å². The van der Waals surface area contributed by atoms with Gasteiger partial charge < -0.3 is 21.1 Å². The second-order valence-electron chi connectivity index (χ2n) is 4.44. The van der Waals surface area contributed by atoms with Gasteiger partial charge in [0.15, 0.2) is 0 Å². The molecule has 2 rings (SSSR count). The first-order chi connectivity index (χ1) is 8.02. The van der Waals surface area contributed by atoms with Crippen molar-refractivity contribution in [2.24, 2.45) is 0 Å². The Hall–Kier alpha value is -1.59. The molecule has 1 aliphatic rings. The lowest BCUT2D eigenvalue weighted by atomic mass is 10.0. The fraction of sp³-hybridized carbons (Fsp3) is 0.417. The fourth-order valence-corrected chi connectivity index (χ4v) is 2.16. The number of nitrogens with one attached hydrogen (secondary N) is 2. The minimum Gasteiger partial charge on any atom is -0.391 e. The van der Waals surface area contributed by atoms with Crippen molar-refractivity contribution in [1.82, 2.24) is 10.3 Å². The molecule has 1 aromatic heterocycles. The standard InChI is InChI=1S/C12H17N3O2/c1-3-7-4-8(12(17)15-11(7)13)9-5-10(16)6(2)14-9/h3-4,6,9-10,14,16H,1,5H2,2H3,(H3,13,15,17)/t6-,9-,10+/m1/s1. The van der Waals surface area contributed by atoms with Gasteiger partial charge in [0.1, 0.15) is 5.82 Å². The van der Waals surface area contributed by atoms with Crippen molar-refractivity contribution in [3.63, 3.8) is 0 Å². The van der Waals surface area contributed by atoms with E-state index in [0.29, 0.717) is 23.4 Å². The maximum absolute atomic E-state index is 11.8. The summed E-state index contributed by atoms with van der Waals surface area (Å²) in [5.41, 5.74) is 6.74. The summed E-state index contributed by atoms with van der Waals surface area (Å²) in [4.78, 5) is 14.4. The van der Waals surface area contributed by atoms with Gasteiger partial charge in [-0.25, -0.2) is 0 Å². The van der Waals surface area contributed by atoms with Crippen molar-refractivity contribution < 1.29 is 5.11 Å². The number of aromatic nitrogens is 1. The monoisotopic (exact) mass is 235 g/mol. The smallest absolute Gasteiger partial charge is 0.254 e. The van der Waals surface area contributed by atoms with Crippen LogP contribution in [0.5, 0.6) is 0 Å². The Bertz CT molecular complexity index is 485. The highest BCUT2D eigenvalue weighted by Gasteiger charge is 2.31. The second kappa shape index (κ2) is 4.35. The van der Waals surface area contributed by atoms with E-state index in [1.807, 2.05) is 6.92 Å². The zero-order valence-corrected chi connectivity index (χ0v) is 9.73. The lowest BCUT2D eigenvalue weighted by Gasteiger charge is -2.12. The van der Waals surface area contributed by atoms with Crippen LogP contribution in [0.4, 0.5) is 5.82 Å². The molecule has 5 heteroatoms. The Kier molecular flexibility index (Phi) is 3.04. The largest absolute Gasteiger partial charge is 0.391 e. The number of H-pyrrole nitrogens is 1. The molecule has 0 saturated carbocycles. The Labute approximate surface area is 99.4 Å². The van der Waals surface area contributed by atoms with E-state index in [-0.39, 0.29) is 17.6 Å². The van der Waals surface area contributed by atoms with E-state index in [4.69, 9.17) is 5.73 Å². The summed E-state index contributed by atoms with van der Waals surface area (Å²) in [7, 11) is 0. The summed E-state index contributed by atoms with van der Waals surface area (Å²) in [6, 6.07) is 1.58. The average Bonchev–Trinajstić information content (AvgIpc) is 2.59. The summed E-state index contributed by atoms with van der Waals surface area (Å²) in [6.45, 7) is 5.54. The minimum absolute atomic E-state index is 0.0101. The van der Waals surface area contributed by atoms with Crippen LogP contribution in [0.25, 0.3) is 6.08 Å². The molecular formula is C12H17N3O2. The number of rotatable bonds is 2. The summed E-state index contributed by atoms with van der Waals surface area (Å²) < 4.78 is 0. The van der Waals surface area contributed by atoms with Crippen LogP contribution >= 0.6 is 0 Å². The molecule has 3 atom stereocenters. The van der Waals surface area contributed by atoms with E-state index < -0.39 is 6.10 Å². The van der Waals surface area contributed by atoms with Gasteiger partial charge in [-0.05, 0) is 19.4 Å². The average molecular weight is 235 g/mol. The molecule has 0 amide bonds. The van der Waals surface area contributed by atoms with Crippen LogP contribution in [0.1, 0.15) is 30.5 Å². The highest BCUT2D eigenvalue weighted by atomic mass is 16.3. The van der Waals surface area contributed by atoms with E-state index in [1.54, 1.807) is 12.1 Å². The fourth-order valence-electron chi connectivity index (χ4n) is 2.16. The van der Waals surface area contributed by atoms with Crippen molar-refractivity contribution in [3.05, 3.63) is 34.1 Å². The van der Waals surface area contributed by atoms with E-state index in [1.165, 1.54) is 0 Å². The third kappa shape index (κ3) is 2.11. The first-order valence-electron chi connectivity index (χ1n) is 5.62. The number of aliphatic hydroxyl groups excluding tert-OH is 1. The van der Waals surface area contributed by atoms with Gasteiger partial charge in [-0.3, -0.25) is 4.79 Å². The molecule has 0 bridgehead atoms. The molecule has 17 heavy (non-hydrogen) atoms. The summed E-state index contributed by atoms with van der Waals surface area (Å²) in [5, 5.41) is 12.9. The topological polar surface area (TPSA) is 91.1 Å². The van der Waals surface area contributed by atoms with E-state index >= 15 is 0 Å². The molecule has 1 aromatic rings. The molecule has 0 unspecified atom stereocenters. The van der Waals surface area contributed by atoms with Crippen molar-refractivity contribution >= 4 is 11.9 Å². The quantitative estimate of drug-likeness (QED) is 0.596. The van der Waals surface area contributed by atoms with Crippen LogP contribution in [-0.4, -0.2) is 22.2 Å². The number of nitrogens with two attached hydrogens (primary N) is 1. The van der Waals surface area contributed by atoms with Crippen LogP contribution < -0.4 is 16.6 Å². The predicted octanol–water partition coefficient (Wildman–Crippen LogP) is 0.384. The minimum atomic E-state index is -0.427. The summed E-state index contributed by atoms with van der Waals surface area (Å²) in [5.74, 6) is 0.320. The van der Waals surface area contributed by atoms with Crippen molar-refractivity contribution in [3.8, 4) is 0 Å². The molecule has 92 valence electrons. The van der Waals surface area contributed by atoms with E-state index in [0.717, 1.165) is 0 Å². The number of hydrogen-bond donors (Lipinski definition) is 4. The number of hydrogen-bond acceptors (Lipinski definition) is 4. The van der Waals surface area contributed by atoms with Crippen LogP contribution in [-0.2, 0) is 0 Å². The molecular weight excluding hydrogens is 218 g/mol. The van der Waals surface area contributed by atoms with Crippen molar-refractivity contribution in [1.29, 1.82) is 0 Å². The highest BCUT2D eigenvalue weighted by molar-refractivity contribution is 5.60. The molecule has 1 saturated heterocycles. The number of aromatic amines is 1. The number of anilines is 1. The maximum Gasteiger partial charge on any atom is 0.254 e. The van der Waals surface area contributed by atoms with Crippen molar-refractivity contribution in [2.45, 2.75) is 31.5 Å². The molecule has 0 radical (unpaired) electrons. The Morgan fingerprint density at radius 1 is 1.65 bits per heavy atom. The lowest BCUT2D eigenvalue weighted by Crippen LogP contribution is -2.29. The predicted molar refractivity (Wildman–Crippen MR) is 67.5 cm³/mol. The molecule has 5 nitrogen and oxygen atoms in total. The molecule has 2 heterocycles. The first-order valence-corrected chi connectivity index (χ1v) is 5.62. The van der Waals surface area contributed by atoms with Gasteiger partial charge in [-0.2, -0.15) is 0 Å².